The third kappa shape index (κ3) is 1.97. The quantitative estimate of drug-likeness (QED) is 0.739. The third-order valence-electron chi connectivity index (χ3n) is 2.25. The van der Waals surface area contributed by atoms with Crippen LogP contribution >= 0.6 is 0 Å². The second-order valence-electron chi connectivity index (χ2n) is 3.25. The normalized spacial score (nSPS) is 25.7. The summed E-state index contributed by atoms with van der Waals surface area (Å²) in [7, 11) is 1.59. The van der Waals surface area contributed by atoms with Crippen LogP contribution in [0.25, 0.3) is 0 Å². The molecule has 2 N–H and O–H groups in total. The summed E-state index contributed by atoms with van der Waals surface area (Å²) in [6, 6.07) is 0. The first-order valence-electron chi connectivity index (χ1n) is 4.60. The summed E-state index contributed by atoms with van der Waals surface area (Å²) in [5.41, 5.74) is 5.04. The maximum Gasteiger partial charge on any atom is 0.288 e. The van der Waals surface area contributed by atoms with E-state index in [1.54, 1.807) is 7.11 Å². The number of carbonyl (C=O) groups is 1. The van der Waals surface area contributed by atoms with Gasteiger partial charge in [-0.1, -0.05) is 0 Å². The lowest BCUT2D eigenvalue weighted by Crippen LogP contribution is -2.16. The standard InChI is InChI=1S/C8H12N4O3/c1-14-6-3-2-5(15-6)12-4-10-8(11-12)7(9)13/h4-6H,2-3H2,1H3,(H2,9,13)/t5-,6+/m1/s1. The zero-order chi connectivity index (χ0) is 10.8. The Morgan fingerprint density at radius 1 is 1.73 bits per heavy atom. The van der Waals surface area contributed by atoms with Crippen molar-refractivity contribution in [2.45, 2.75) is 25.4 Å². The van der Waals surface area contributed by atoms with Gasteiger partial charge in [-0.15, -0.1) is 5.10 Å². The maximum atomic E-state index is 10.8. The van der Waals surface area contributed by atoms with Crippen LogP contribution in [0.1, 0.15) is 29.7 Å². The molecular weight excluding hydrogens is 200 g/mol. The van der Waals surface area contributed by atoms with E-state index in [0.29, 0.717) is 0 Å². The van der Waals surface area contributed by atoms with Crippen molar-refractivity contribution in [3.05, 3.63) is 12.2 Å². The molecule has 15 heavy (non-hydrogen) atoms. The van der Waals surface area contributed by atoms with Gasteiger partial charge in [-0.25, -0.2) is 9.67 Å². The van der Waals surface area contributed by atoms with E-state index in [2.05, 4.69) is 10.1 Å². The topological polar surface area (TPSA) is 92.3 Å². The lowest BCUT2D eigenvalue weighted by Gasteiger charge is -2.11. The number of rotatable bonds is 3. The molecule has 7 heteroatoms. The lowest BCUT2D eigenvalue weighted by molar-refractivity contribution is -0.136. The molecule has 7 nitrogen and oxygen atoms in total. The number of hydrogen-bond donors (Lipinski definition) is 1. The number of primary amides is 1. The van der Waals surface area contributed by atoms with Gasteiger partial charge in [0.15, 0.2) is 12.5 Å². The predicted octanol–water partition coefficient (Wildman–Crippen LogP) is -0.342. The Kier molecular flexibility index (Phi) is 2.65. The molecule has 0 aliphatic carbocycles. The number of hydrogen-bond acceptors (Lipinski definition) is 5. The van der Waals surface area contributed by atoms with Crippen molar-refractivity contribution < 1.29 is 14.3 Å². The summed E-state index contributed by atoms with van der Waals surface area (Å²) >= 11 is 0. The van der Waals surface area contributed by atoms with Crippen molar-refractivity contribution in [2.75, 3.05) is 7.11 Å². The molecule has 0 spiro atoms. The maximum absolute atomic E-state index is 10.8. The van der Waals surface area contributed by atoms with Gasteiger partial charge < -0.3 is 15.2 Å². The van der Waals surface area contributed by atoms with E-state index in [9.17, 15) is 4.79 Å². The van der Waals surface area contributed by atoms with Crippen LogP contribution in [0.15, 0.2) is 6.33 Å². The van der Waals surface area contributed by atoms with Crippen LogP contribution < -0.4 is 5.73 Å². The molecule has 0 saturated carbocycles. The average Bonchev–Trinajstić information content (AvgIpc) is 2.86. The van der Waals surface area contributed by atoms with Gasteiger partial charge >= 0.3 is 0 Å². The first-order valence-corrected chi connectivity index (χ1v) is 4.60. The summed E-state index contributed by atoms with van der Waals surface area (Å²) in [5.74, 6) is -0.644. The smallest absolute Gasteiger partial charge is 0.288 e. The highest BCUT2D eigenvalue weighted by Gasteiger charge is 2.27. The second kappa shape index (κ2) is 3.95. The van der Waals surface area contributed by atoms with Crippen molar-refractivity contribution in [1.82, 2.24) is 14.8 Å². The summed E-state index contributed by atoms with van der Waals surface area (Å²) in [6.07, 6.45) is 2.57. The van der Waals surface area contributed by atoms with E-state index in [0.717, 1.165) is 12.8 Å². The number of aromatic nitrogens is 3. The van der Waals surface area contributed by atoms with Crippen LogP contribution in [0.3, 0.4) is 0 Å². The van der Waals surface area contributed by atoms with E-state index in [4.69, 9.17) is 15.2 Å². The Morgan fingerprint density at radius 3 is 3.07 bits per heavy atom. The molecule has 0 aromatic carbocycles. The fraction of sp³-hybridized carbons (Fsp3) is 0.625. The molecule has 0 bridgehead atoms. The fourth-order valence-corrected chi connectivity index (χ4v) is 1.48. The first kappa shape index (κ1) is 10.1. The van der Waals surface area contributed by atoms with E-state index in [-0.39, 0.29) is 18.3 Å². The Labute approximate surface area is 86.2 Å². The van der Waals surface area contributed by atoms with Crippen LogP contribution in [0.5, 0.6) is 0 Å². The van der Waals surface area contributed by atoms with Crippen LogP contribution in [0, 0.1) is 0 Å². The van der Waals surface area contributed by atoms with Crippen molar-refractivity contribution >= 4 is 5.91 Å². The van der Waals surface area contributed by atoms with Gasteiger partial charge in [-0.3, -0.25) is 4.79 Å². The van der Waals surface area contributed by atoms with Crippen molar-refractivity contribution in [3.63, 3.8) is 0 Å². The summed E-state index contributed by atoms with van der Waals surface area (Å²) < 4.78 is 12.0. The molecule has 1 amide bonds. The van der Waals surface area contributed by atoms with E-state index < -0.39 is 5.91 Å². The largest absolute Gasteiger partial charge is 0.363 e. The Balaban J connectivity index is 2.07. The molecular formula is C8H12N4O3. The minimum atomic E-state index is -0.643. The molecule has 2 rings (SSSR count). The fourth-order valence-electron chi connectivity index (χ4n) is 1.48. The highest BCUT2D eigenvalue weighted by molar-refractivity contribution is 5.88. The molecule has 1 aromatic rings. The third-order valence-corrected chi connectivity index (χ3v) is 2.25. The van der Waals surface area contributed by atoms with Gasteiger partial charge in [0.2, 0.25) is 5.82 Å². The monoisotopic (exact) mass is 212 g/mol. The molecule has 1 aliphatic heterocycles. The van der Waals surface area contributed by atoms with Crippen LogP contribution in [0.4, 0.5) is 0 Å². The SMILES string of the molecule is CO[C@@H]1CC[C@H](n2cnc(C(N)=O)n2)O1. The molecule has 0 unspecified atom stereocenters. The molecule has 0 radical (unpaired) electrons. The lowest BCUT2D eigenvalue weighted by atomic mass is 10.3. The summed E-state index contributed by atoms with van der Waals surface area (Å²) in [4.78, 5) is 14.5. The van der Waals surface area contributed by atoms with Gasteiger partial charge in [-0.2, -0.15) is 0 Å². The number of amides is 1. The van der Waals surface area contributed by atoms with Gasteiger partial charge in [0.05, 0.1) is 0 Å². The van der Waals surface area contributed by atoms with Crippen LogP contribution in [0.2, 0.25) is 0 Å². The van der Waals surface area contributed by atoms with E-state index in [1.807, 2.05) is 0 Å². The van der Waals surface area contributed by atoms with Crippen molar-refractivity contribution in [2.24, 2.45) is 5.73 Å². The number of nitrogens with two attached hydrogens (primary N) is 1. The van der Waals surface area contributed by atoms with Gasteiger partial charge in [0, 0.05) is 13.5 Å². The zero-order valence-electron chi connectivity index (χ0n) is 8.29. The summed E-state index contributed by atoms with van der Waals surface area (Å²) in [5, 5.41) is 3.91. The molecule has 1 aliphatic rings. The highest BCUT2D eigenvalue weighted by atomic mass is 16.7. The van der Waals surface area contributed by atoms with Gasteiger partial charge in [0.1, 0.15) is 6.33 Å². The minimum Gasteiger partial charge on any atom is -0.363 e. The minimum absolute atomic E-state index is 0.000494. The number of nitrogens with zero attached hydrogens (tertiary/aromatic N) is 3. The Hall–Kier alpha value is -1.47. The predicted molar refractivity (Wildman–Crippen MR) is 48.7 cm³/mol. The number of ether oxygens (including phenoxy) is 2. The van der Waals surface area contributed by atoms with Gasteiger partial charge in [-0.05, 0) is 6.42 Å². The van der Waals surface area contributed by atoms with Crippen molar-refractivity contribution in [1.29, 1.82) is 0 Å². The van der Waals surface area contributed by atoms with Crippen LogP contribution in [-0.4, -0.2) is 34.1 Å². The zero-order valence-corrected chi connectivity index (χ0v) is 8.29. The molecule has 82 valence electrons. The number of methoxy groups -OCH3 is 1. The van der Waals surface area contributed by atoms with Crippen LogP contribution in [-0.2, 0) is 9.47 Å². The molecule has 1 fully saturated rings. The Morgan fingerprint density at radius 2 is 2.53 bits per heavy atom. The van der Waals surface area contributed by atoms with Crippen molar-refractivity contribution in [3.8, 4) is 0 Å². The first-order chi connectivity index (χ1) is 7.20. The molecule has 1 saturated heterocycles. The number of carbonyl (C=O) groups excluding carboxylic acids is 1. The Bertz CT molecular complexity index is 365. The molecule has 2 heterocycles. The van der Waals surface area contributed by atoms with Gasteiger partial charge in [0.25, 0.3) is 5.91 Å². The average molecular weight is 212 g/mol. The highest BCUT2D eigenvalue weighted by Crippen LogP contribution is 2.27. The molecule has 2 atom stereocenters. The second-order valence-corrected chi connectivity index (χ2v) is 3.25. The molecule has 1 aromatic heterocycles. The summed E-state index contributed by atoms with van der Waals surface area (Å²) in [6.45, 7) is 0. The van der Waals surface area contributed by atoms with E-state index in [1.165, 1.54) is 11.0 Å². The van der Waals surface area contributed by atoms with E-state index >= 15 is 0 Å².